The van der Waals surface area contributed by atoms with Crippen molar-refractivity contribution in [1.29, 1.82) is 0 Å². The molecule has 9 aromatic carbocycles. The lowest BCUT2D eigenvalue weighted by Crippen LogP contribution is -2.26. The molecule has 0 N–H and O–H groups in total. The lowest BCUT2D eigenvalue weighted by Gasteiger charge is -2.31. The van der Waals surface area contributed by atoms with Crippen LogP contribution in [-0.4, -0.2) is 4.57 Å². The molecule has 10 aromatic rings. The van der Waals surface area contributed by atoms with Crippen LogP contribution >= 0.6 is 0 Å². The van der Waals surface area contributed by atoms with Crippen LogP contribution in [0.1, 0.15) is 51.3 Å². The van der Waals surface area contributed by atoms with Crippen molar-refractivity contribution in [3.63, 3.8) is 0 Å². The maximum absolute atomic E-state index is 2.58. The Hall–Kier alpha value is -7.22. The zero-order valence-corrected chi connectivity index (χ0v) is 32.7. The van der Waals surface area contributed by atoms with E-state index in [1.807, 2.05) is 0 Å². The Morgan fingerprint density at radius 2 is 0.898 bits per heavy atom. The number of para-hydroxylation sites is 2. The molecule has 2 aliphatic carbocycles. The smallest absolute Gasteiger partial charge is 0.0725 e. The summed E-state index contributed by atoms with van der Waals surface area (Å²) in [6, 6.07) is 81.6. The normalized spacial score (nSPS) is 13.6. The summed E-state index contributed by atoms with van der Waals surface area (Å²) in [5.74, 6) is 0.194. The summed E-state index contributed by atoms with van der Waals surface area (Å²) in [5, 5.41) is 2.60. The van der Waals surface area contributed by atoms with E-state index in [4.69, 9.17) is 0 Å². The van der Waals surface area contributed by atoms with Crippen LogP contribution in [0, 0.1) is 0 Å². The number of benzene rings is 9. The van der Waals surface area contributed by atoms with E-state index in [0.29, 0.717) is 0 Å². The fraction of sp³-hybridized carbons (Fsp3) is 0.0690. The van der Waals surface area contributed by atoms with Crippen LogP contribution in [0.25, 0.3) is 60.9 Å². The van der Waals surface area contributed by atoms with E-state index in [0.717, 1.165) is 12.8 Å². The summed E-state index contributed by atoms with van der Waals surface area (Å²) >= 11 is 0. The molecule has 0 bridgehead atoms. The minimum Gasteiger partial charge on any atom is -0.309 e. The molecule has 0 aliphatic heterocycles. The van der Waals surface area contributed by atoms with Gasteiger partial charge in [0.05, 0.1) is 16.4 Å². The molecule has 0 amide bonds. The largest absolute Gasteiger partial charge is 0.309 e. The van der Waals surface area contributed by atoms with Gasteiger partial charge >= 0.3 is 0 Å². The average Bonchev–Trinajstić information content (AvgIpc) is 3.91. The third-order valence-electron chi connectivity index (χ3n) is 13.3. The standard InChI is InChI=1S/C58H41N/c1-3-15-40(16-4-1)41-29-31-42(32-30-41)45(34-27-39-28-36-57-51(37-39)50-22-10-14-26-56(50)59(57)44-17-5-2-6-18-44)43-33-35-49-48-21-9-13-25-54(48)58(55(49)38-43)52-23-11-7-19-46(52)47-20-8-12-24-53(47)58/h1-26,28-33,35-38,45H,27,34H2. The lowest BCUT2D eigenvalue weighted by atomic mass is 9.70. The van der Waals surface area contributed by atoms with Gasteiger partial charge in [0, 0.05) is 22.4 Å². The highest BCUT2D eigenvalue weighted by Crippen LogP contribution is 2.63. The molecule has 1 heteroatoms. The Kier molecular flexibility index (Phi) is 7.71. The van der Waals surface area contributed by atoms with Gasteiger partial charge in [-0.25, -0.2) is 0 Å². The summed E-state index contributed by atoms with van der Waals surface area (Å²) < 4.78 is 2.41. The maximum atomic E-state index is 2.58. The van der Waals surface area contributed by atoms with Gasteiger partial charge in [0.2, 0.25) is 0 Å². The molecule has 12 rings (SSSR count). The summed E-state index contributed by atoms with van der Waals surface area (Å²) in [4.78, 5) is 0. The van der Waals surface area contributed by atoms with Crippen LogP contribution in [0.3, 0.4) is 0 Å². The van der Waals surface area contributed by atoms with Crippen LogP contribution in [0.5, 0.6) is 0 Å². The maximum Gasteiger partial charge on any atom is 0.0725 e. The molecule has 1 heterocycles. The van der Waals surface area contributed by atoms with E-state index in [-0.39, 0.29) is 11.3 Å². The van der Waals surface area contributed by atoms with Crippen LogP contribution in [0.2, 0.25) is 0 Å². The Morgan fingerprint density at radius 3 is 1.58 bits per heavy atom. The quantitative estimate of drug-likeness (QED) is 0.153. The van der Waals surface area contributed by atoms with Gasteiger partial charge in [-0.05, 0) is 115 Å². The highest BCUT2D eigenvalue weighted by molar-refractivity contribution is 6.09. The Balaban J connectivity index is 0.999. The van der Waals surface area contributed by atoms with Gasteiger partial charge < -0.3 is 4.57 Å². The minimum atomic E-state index is -0.366. The first kappa shape index (κ1) is 33.9. The first-order chi connectivity index (χ1) is 29.3. The van der Waals surface area contributed by atoms with Gasteiger partial charge in [-0.2, -0.15) is 0 Å². The molecule has 1 nitrogen and oxygen atoms in total. The summed E-state index contributed by atoms with van der Waals surface area (Å²) in [6.07, 6.45) is 1.94. The molecule has 1 atom stereocenters. The first-order valence-corrected chi connectivity index (χ1v) is 20.9. The number of fused-ring (bicyclic) bond motifs is 13. The Bertz CT molecular complexity index is 3140. The van der Waals surface area contributed by atoms with Crippen molar-refractivity contribution in [2.24, 2.45) is 0 Å². The van der Waals surface area contributed by atoms with E-state index in [9.17, 15) is 0 Å². The van der Waals surface area contributed by atoms with Crippen molar-refractivity contribution in [2.75, 3.05) is 0 Å². The number of aromatic nitrogens is 1. The van der Waals surface area contributed by atoms with Gasteiger partial charge in [-0.15, -0.1) is 0 Å². The second-order valence-corrected chi connectivity index (χ2v) is 16.3. The molecule has 1 spiro atoms. The van der Waals surface area contributed by atoms with Gasteiger partial charge in [-0.3, -0.25) is 0 Å². The lowest BCUT2D eigenvalue weighted by molar-refractivity contribution is 0.711. The zero-order chi connectivity index (χ0) is 38.9. The number of aryl methyl sites for hydroxylation is 1. The molecule has 278 valence electrons. The van der Waals surface area contributed by atoms with Crippen LogP contribution < -0.4 is 0 Å². The van der Waals surface area contributed by atoms with Crippen LogP contribution in [-0.2, 0) is 11.8 Å². The van der Waals surface area contributed by atoms with E-state index >= 15 is 0 Å². The van der Waals surface area contributed by atoms with Crippen molar-refractivity contribution >= 4 is 21.8 Å². The zero-order valence-electron chi connectivity index (χ0n) is 32.7. The van der Waals surface area contributed by atoms with Gasteiger partial charge in [0.1, 0.15) is 0 Å². The highest BCUT2D eigenvalue weighted by atomic mass is 15.0. The second-order valence-electron chi connectivity index (χ2n) is 16.3. The van der Waals surface area contributed by atoms with E-state index in [2.05, 4.69) is 223 Å². The summed E-state index contributed by atoms with van der Waals surface area (Å²) in [6.45, 7) is 0. The molecule has 1 aromatic heterocycles. The van der Waals surface area contributed by atoms with Crippen molar-refractivity contribution in [3.8, 4) is 39.1 Å². The molecular formula is C58H41N. The van der Waals surface area contributed by atoms with Crippen molar-refractivity contribution < 1.29 is 0 Å². The Labute approximate surface area is 345 Å². The second kappa shape index (κ2) is 13.4. The highest BCUT2D eigenvalue weighted by Gasteiger charge is 2.51. The van der Waals surface area contributed by atoms with Gasteiger partial charge in [0.15, 0.2) is 0 Å². The summed E-state index contributed by atoms with van der Waals surface area (Å²) in [5.41, 5.74) is 20.8. The third-order valence-corrected chi connectivity index (χ3v) is 13.3. The number of hydrogen-bond acceptors (Lipinski definition) is 0. The van der Waals surface area contributed by atoms with Crippen molar-refractivity contribution in [2.45, 2.75) is 24.2 Å². The van der Waals surface area contributed by atoms with E-state index < -0.39 is 0 Å². The number of nitrogens with zero attached hydrogens (tertiary/aromatic N) is 1. The molecule has 0 radical (unpaired) electrons. The fourth-order valence-corrected chi connectivity index (χ4v) is 10.7. The fourth-order valence-electron chi connectivity index (χ4n) is 10.7. The minimum absolute atomic E-state index is 0.194. The molecule has 59 heavy (non-hydrogen) atoms. The summed E-state index contributed by atoms with van der Waals surface area (Å²) in [7, 11) is 0. The van der Waals surface area contributed by atoms with Crippen molar-refractivity contribution in [3.05, 3.63) is 257 Å². The SMILES string of the molecule is c1ccc(-c2ccc(C(CCc3ccc4c(c3)c3ccccc3n4-c3ccccc3)c3ccc4c(c3)C3(c5ccccc5-c5ccccc53)c3ccccc3-4)cc2)cc1. The van der Waals surface area contributed by atoms with Gasteiger partial charge in [-0.1, -0.05) is 188 Å². The Morgan fingerprint density at radius 1 is 0.373 bits per heavy atom. The molecular weight excluding hydrogens is 711 g/mol. The predicted octanol–water partition coefficient (Wildman–Crippen LogP) is 14.6. The van der Waals surface area contributed by atoms with E-state index in [1.54, 1.807) is 0 Å². The molecule has 0 fully saturated rings. The number of rotatable bonds is 7. The van der Waals surface area contributed by atoms with Gasteiger partial charge in [0.25, 0.3) is 0 Å². The molecule has 0 saturated carbocycles. The van der Waals surface area contributed by atoms with E-state index in [1.165, 1.54) is 99.8 Å². The molecule has 2 aliphatic rings. The molecule has 0 saturated heterocycles. The number of hydrogen-bond donors (Lipinski definition) is 0. The topological polar surface area (TPSA) is 4.93 Å². The predicted molar refractivity (Wildman–Crippen MR) is 246 cm³/mol. The average molecular weight is 752 g/mol. The first-order valence-electron chi connectivity index (χ1n) is 20.9. The van der Waals surface area contributed by atoms with Crippen molar-refractivity contribution in [1.82, 2.24) is 4.57 Å². The third kappa shape index (κ3) is 5.11. The van der Waals surface area contributed by atoms with Crippen LogP contribution in [0.15, 0.2) is 218 Å². The van der Waals surface area contributed by atoms with Crippen LogP contribution in [0.4, 0.5) is 0 Å². The monoisotopic (exact) mass is 751 g/mol. The molecule has 1 unspecified atom stereocenters.